The van der Waals surface area contributed by atoms with Gasteiger partial charge in [0.25, 0.3) is 0 Å². The molecule has 2 aromatic carbocycles. The minimum Gasteiger partial charge on any atom is -0.491 e. The first-order valence-electron chi connectivity index (χ1n) is 9.96. The first-order chi connectivity index (χ1) is 13.5. The predicted octanol–water partition coefficient (Wildman–Crippen LogP) is 3.93. The number of nitrogens with one attached hydrogen (secondary N) is 1. The molecule has 4 nitrogen and oxygen atoms in total. The third-order valence-electron chi connectivity index (χ3n) is 5.19. The second-order valence-corrected chi connectivity index (χ2v) is 7.71. The Morgan fingerprint density at radius 2 is 1.79 bits per heavy atom. The Balaban J connectivity index is 1.38. The zero-order valence-corrected chi connectivity index (χ0v) is 16.7. The van der Waals surface area contributed by atoms with Gasteiger partial charge in [0.05, 0.1) is 6.04 Å². The molecule has 0 spiro atoms. The SMILES string of the molecule is Cc1ccc(OCC(C)NC(=O)C2CCN(Cc3ccc(F)cc3)CC2)cc1. The standard InChI is InChI=1S/C23H29FN2O2/c1-17-3-9-22(10-4-17)28-16-18(2)25-23(27)20-11-13-26(14-12-20)15-19-5-7-21(24)8-6-19/h3-10,18,20H,11-16H2,1-2H3,(H,25,27). The van der Waals surface area contributed by atoms with Gasteiger partial charge in [-0.3, -0.25) is 9.69 Å². The highest BCUT2D eigenvalue weighted by atomic mass is 19.1. The number of likely N-dealkylation sites (tertiary alicyclic amines) is 1. The molecule has 0 aromatic heterocycles. The van der Waals surface area contributed by atoms with Gasteiger partial charge in [-0.15, -0.1) is 0 Å². The molecule has 0 bridgehead atoms. The van der Waals surface area contributed by atoms with Gasteiger partial charge in [0.15, 0.2) is 0 Å². The van der Waals surface area contributed by atoms with Gasteiger partial charge < -0.3 is 10.1 Å². The second kappa shape index (κ2) is 9.69. The third kappa shape index (κ3) is 6.06. The summed E-state index contributed by atoms with van der Waals surface area (Å²) in [6, 6.07) is 14.5. The number of nitrogens with zero attached hydrogens (tertiary/aromatic N) is 1. The third-order valence-corrected chi connectivity index (χ3v) is 5.19. The lowest BCUT2D eigenvalue weighted by Crippen LogP contribution is -2.44. The molecule has 3 rings (SSSR count). The first-order valence-corrected chi connectivity index (χ1v) is 9.96. The summed E-state index contributed by atoms with van der Waals surface area (Å²) in [6.45, 7) is 7.02. The molecule has 0 radical (unpaired) electrons. The molecular formula is C23H29FN2O2. The maximum atomic E-state index is 13.0. The van der Waals surface area contributed by atoms with Gasteiger partial charge in [-0.2, -0.15) is 0 Å². The fourth-order valence-corrected chi connectivity index (χ4v) is 3.46. The first kappa shape index (κ1) is 20.3. The number of piperidine rings is 1. The van der Waals surface area contributed by atoms with Crippen LogP contribution in [-0.2, 0) is 11.3 Å². The van der Waals surface area contributed by atoms with Crippen LogP contribution in [0.4, 0.5) is 4.39 Å². The maximum Gasteiger partial charge on any atom is 0.223 e. The Morgan fingerprint density at radius 3 is 2.43 bits per heavy atom. The van der Waals surface area contributed by atoms with Crippen LogP contribution in [0.2, 0.25) is 0 Å². The van der Waals surface area contributed by atoms with Crippen LogP contribution < -0.4 is 10.1 Å². The summed E-state index contributed by atoms with van der Waals surface area (Å²) in [5.74, 6) is 0.771. The van der Waals surface area contributed by atoms with Gasteiger partial charge in [0.2, 0.25) is 5.91 Å². The zero-order chi connectivity index (χ0) is 19.9. The van der Waals surface area contributed by atoms with Crippen molar-refractivity contribution in [2.45, 2.75) is 39.3 Å². The summed E-state index contributed by atoms with van der Waals surface area (Å²) >= 11 is 0. The lowest BCUT2D eigenvalue weighted by atomic mass is 9.95. The zero-order valence-electron chi connectivity index (χ0n) is 16.7. The van der Waals surface area contributed by atoms with E-state index in [9.17, 15) is 9.18 Å². The van der Waals surface area contributed by atoms with Gasteiger partial charge in [0, 0.05) is 12.5 Å². The van der Waals surface area contributed by atoms with Crippen LogP contribution >= 0.6 is 0 Å². The summed E-state index contributed by atoms with van der Waals surface area (Å²) in [4.78, 5) is 14.9. The van der Waals surface area contributed by atoms with E-state index >= 15 is 0 Å². The molecule has 1 saturated heterocycles. The Morgan fingerprint density at radius 1 is 1.14 bits per heavy atom. The average molecular weight is 384 g/mol. The Hall–Kier alpha value is -2.40. The van der Waals surface area contributed by atoms with Crippen molar-refractivity contribution >= 4 is 5.91 Å². The number of rotatable bonds is 7. The summed E-state index contributed by atoms with van der Waals surface area (Å²) < 4.78 is 18.8. The van der Waals surface area contributed by atoms with Crippen LogP contribution in [0, 0.1) is 18.7 Å². The van der Waals surface area contributed by atoms with Crippen molar-refractivity contribution in [3.8, 4) is 5.75 Å². The summed E-state index contributed by atoms with van der Waals surface area (Å²) in [6.07, 6.45) is 1.69. The molecule has 2 aromatic rings. The second-order valence-electron chi connectivity index (χ2n) is 7.71. The fraction of sp³-hybridized carbons (Fsp3) is 0.435. The number of ether oxygens (including phenoxy) is 1. The minimum absolute atomic E-state index is 0.0361. The van der Waals surface area contributed by atoms with E-state index in [4.69, 9.17) is 4.74 Å². The molecule has 1 amide bonds. The van der Waals surface area contributed by atoms with Crippen molar-refractivity contribution < 1.29 is 13.9 Å². The number of benzene rings is 2. The van der Waals surface area contributed by atoms with Crippen LogP contribution in [0.1, 0.15) is 30.9 Å². The lowest BCUT2D eigenvalue weighted by Gasteiger charge is -2.31. The normalized spacial score (nSPS) is 16.5. The molecule has 1 N–H and O–H groups in total. The number of hydrogen-bond acceptors (Lipinski definition) is 3. The van der Waals surface area contributed by atoms with Crippen LogP contribution in [-0.4, -0.2) is 36.5 Å². The van der Waals surface area contributed by atoms with Crippen LogP contribution in [0.3, 0.4) is 0 Å². The highest BCUT2D eigenvalue weighted by Crippen LogP contribution is 2.20. The number of halogens is 1. The van der Waals surface area contributed by atoms with Crippen LogP contribution in [0.15, 0.2) is 48.5 Å². The summed E-state index contributed by atoms with van der Waals surface area (Å²) in [5.41, 5.74) is 2.30. The Labute approximate surface area is 166 Å². The maximum absolute atomic E-state index is 13.0. The highest BCUT2D eigenvalue weighted by molar-refractivity contribution is 5.79. The number of carbonyl (C=O) groups excluding carboxylic acids is 1. The quantitative estimate of drug-likeness (QED) is 0.786. The molecule has 0 aliphatic carbocycles. The molecular weight excluding hydrogens is 355 g/mol. The number of amides is 1. The molecule has 1 heterocycles. The van der Waals surface area contributed by atoms with Crippen molar-refractivity contribution in [3.63, 3.8) is 0 Å². The molecule has 1 atom stereocenters. The van der Waals surface area contributed by atoms with E-state index in [0.29, 0.717) is 6.61 Å². The van der Waals surface area contributed by atoms with Crippen molar-refractivity contribution in [2.75, 3.05) is 19.7 Å². The molecule has 1 aliphatic heterocycles. The molecule has 150 valence electrons. The van der Waals surface area contributed by atoms with Crippen LogP contribution in [0.25, 0.3) is 0 Å². The van der Waals surface area contributed by atoms with Gasteiger partial charge >= 0.3 is 0 Å². The lowest BCUT2D eigenvalue weighted by molar-refractivity contribution is -0.127. The van der Waals surface area contributed by atoms with Crippen molar-refractivity contribution in [2.24, 2.45) is 5.92 Å². The molecule has 28 heavy (non-hydrogen) atoms. The molecule has 0 saturated carbocycles. The monoisotopic (exact) mass is 384 g/mol. The van der Waals surface area contributed by atoms with E-state index in [0.717, 1.165) is 43.8 Å². The molecule has 5 heteroatoms. The Bertz CT molecular complexity index is 753. The van der Waals surface area contributed by atoms with Crippen LogP contribution in [0.5, 0.6) is 5.75 Å². The van der Waals surface area contributed by atoms with E-state index in [2.05, 4.69) is 10.2 Å². The number of carbonyl (C=O) groups is 1. The van der Waals surface area contributed by atoms with E-state index in [1.807, 2.05) is 50.2 Å². The summed E-state index contributed by atoms with van der Waals surface area (Å²) in [7, 11) is 0. The van der Waals surface area contributed by atoms with Gasteiger partial charge in [-0.25, -0.2) is 4.39 Å². The number of hydrogen-bond donors (Lipinski definition) is 1. The number of aryl methyl sites for hydroxylation is 1. The van der Waals surface area contributed by atoms with Gasteiger partial charge in [0.1, 0.15) is 18.2 Å². The van der Waals surface area contributed by atoms with E-state index in [1.165, 1.54) is 17.7 Å². The van der Waals surface area contributed by atoms with E-state index in [1.54, 1.807) is 0 Å². The van der Waals surface area contributed by atoms with E-state index < -0.39 is 0 Å². The molecule has 1 unspecified atom stereocenters. The minimum atomic E-state index is -0.209. The predicted molar refractivity (Wildman–Crippen MR) is 109 cm³/mol. The van der Waals surface area contributed by atoms with Crippen molar-refractivity contribution in [1.82, 2.24) is 10.2 Å². The van der Waals surface area contributed by atoms with Gasteiger partial charge in [-0.1, -0.05) is 29.8 Å². The largest absolute Gasteiger partial charge is 0.491 e. The molecule has 1 aliphatic rings. The average Bonchev–Trinajstić information content (AvgIpc) is 2.70. The van der Waals surface area contributed by atoms with Crippen molar-refractivity contribution in [1.29, 1.82) is 0 Å². The van der Waals surface area contributed by atoms with E-state index in [-0.39, 0.29) is 23.7 Å². The summed E-state index contributed by atoms with van der Waals surface area (Å²) in [5, 5.41) is 3.08. The van der Waals surface area contributed by atoms with Gasteiger partial charge in [-0.05, 0) is 69.6 Å². The topological polar surface area (TPSA) is 41.6 Å². The smallest absolute Gasteiger partial charge is 0.223 e. The Kier molecular flexibility index (Phi) is 7.04. The highest BCUT2D eigenvalue weighted by Gasteiger charge is 2.25. The molecule has 1 fully saturated rings. The fourth-order valence-electron chi connectivity index (χ4n) is 3.46. The van der Waals surface area contributed by atoms with Crippen molar-refractivity contribution in [3.05, 3.63) is 65.5 Å².